The number of alkyl halides is 7. The van der Waals surface area contributed by atoms with Crippen LogP contribution >= 0.6 is 0 Å². The van der Waals surface area contributed by atoms with Crippen LogP contribution in [0.1, 0.15) is 0 Å². The fraction of sp³-hybridized carbons (Fsp3) is 0.750. The molecular weight excluding hydrogens is 277 g/mol. The zero-order chi connectivity index (χ0) is 11.1. The molecule has 1 N–H and O–H groups in total. The van der Waals surface area contributed by atoms with E-state index in [0.717, 1.165) is 0 Å². The van der Waals surface area contributed by atoms with E-state index in [1.54, 1.807) is 0 Å². The molecule has 0 unspecified atom stereocenters. The number of rotatable bonds is 2. The maximum Gasteiger partial charge on any atom is 0.460 e. The van der Waals surface area contributed by atoms with Gasteiger partial charge >= 0.3 is 24.0 Å². The van der Waals surface area contributed by atoms with E-state index in [9.17, 15) is 35.5 Å². The van der Waals surface area contributed by atoms with Crippen LogP contribution in [-0.2, 0) is 21.9 Å². The van der Waals surface area contributed by atoms with E-state index >= 15 is 0 Å². The molecule has 0 aliphatic heterocycles. The number of hydrogen-bond acceptors (Lipinski definition) is 1. The summed E-state index contributed by atoms with van der Waals surface area (Å²) in [5, 5.41) is 7.41. The summed E-state index contributed by atoms with van der Waals surface area (Å²) in [7, 11) is 0. The Balaban J connectivity index is 0. The number of hydrogen-bond donors (Lipinski definition) is 1. The summed E-state index contributed by atoms with van der Waals surface area (Å²) in [5.41, 5.74) is 0. The first-order chi connectivity index (χ1) is 5.44. The van der Waals surface area contributed by atoms with Gasteiger partial charge in [0.05, 0.1) is 0 Å². The van der Waals surface area contributed by atoms with Crippen molar-refractivity contribution < 1.29 is 57.7 Å². The third kappa shape index (κ3) is 2.30. The Hall–Kier alpha value is -0.501. The number of aliphatic carboxylic acids is 1. The Morgan fingerprint density at radius 1 is 0.929 bits per heavy atom. The largest absolute Gasteiger partial charge is 0.477 e. The number of carboxylic acid groups (broad SMARTS) is 1. The van der Waals surface area contributed by atoms with Crippen molar-refractivity contribution in [3.63, 3.8) is 0 Å². The normalized spacial score (nSPS) is 13.4. The molecule has 0 aliphatic rings. The van der Waals surface area contributed by atoms with Gasteiger partial charge in [-0.05, 0) is 0 Å². The topological polar surface area (TPSA) is 37.3 Å². The SMILES string of the molecule is O=C(O)C(F)(F)C(F)(F)C(F)(F)F.[Cu]. The molecule has 0 spiro atoms. The molecule has 1 radical (unpaired) electrons. The first-order valence-electron chi connectivity index (χ1n) is 2.50. The minimum Gasteiger partial charge on any atom is -0.477 e. The Morgan fingerprint density at radius 2 is 1.21 bits per heavy atom. The van der Waals surface area contributed by atoms with Crippen LogP contribution in [0.5, 0.6) is 0 Å². The molecule has 0 atom stereocenters. The van der Waals surface area contributed by atoms with Gasteiger partial charge in [-0.3, -0.25) is 0 Å². The van der Waals surface area contributed by atoms with Crippen LogP contribution in [0.15, 0.2) is 0 Å². The molecular formula is C4HCuF7O2. The fourth-order valence-corrected chi connectivity index (χ4v) is 0.312. The van der Waals surface area contributed by atoms with Crippen molar-refractivity contribution in [2.75, 3.05) is 0 Å². The van der Waals surface area contributed by atoms with E-state index in [1.807, 2.05) is 0 Å². The summed E-state index contributed by atoms with van der Waals surface area (Å²) < 4.78 is 80.5. The van der Waals surface area contributed by atoms with Crippen LogP contribution in [0.3, 0.4) is 0 Å². The standard InChI is InChI=1S/C4HF7O2.Cu/c5-2(6,1(12)13)3(7,8)4(9,10)11;/h(H,12,13);. The van der Waals surface area contributed by atoms with Crippen molar-refractivity contribution in [3.8, 4) is 0 Å². The van der Waals surface area contributed by atoms with Crippen LogP contribution in [0.2, 0.25) is 0 Å². The zero-order valence-electron chi connectivity index (χ0n) is 5.80. The second-order valence-electron chi connectivity index (χ2n) is 1.95. The predicted octanol–water partition coefficient (Wildman–Crippen LogP) is 1.90. The van der Waals surface area contributed by atoms with Crippen molar-refractivity contribution in [2.45, 2.75) is 18.0 Å². The van der Waals surface area contributed by atoms with E-state index in [2.05, 4.69) is 0 Å². The molecule has 2 nitrogen and oxygen atoms in total. The minimum absolute atomic E-state index is 0. The number of carbonyl (C=O) groups is 1. The van der Waals surface area contributed by atoms with Gasteiger partial charge in [-0.2, -0.15) is 30.7 Å². The third-order valence-corrected chi connectivity index (χ3v) is 1.02. The molecule has 0 aliphatic carbocycles. The molecule has 0 fully saturated rings. The molecule has 0 amide bonds. The van der Waals surface area contributed by atoms with Crippen molar-refractivity contribution in [3.05, 3.63) is 0 Å². The summed E-state index contributed by atoms with van der Waals surface area (Å²) in [4.78, 5) is 9.38. The average molecular weight is 278 g/mol. The Labute approximate surface area is 82.5 Å². The van der Waals surface area contributed by atoms with Gasteiger partial charge in [0, 0.05) is 17.1 Å². The maximum absolute atomic E-state index is 11.8. The Morgan fingerprint density at radius 3 is 1.29 bits per heavy atom. The van der Waals surface area contributed by atoms with Crippen LogP contribution in [0, 0.1) is 0 Å². The van der Waals surface area contributed by atoms with Crippen LogP contribution in [-0.4, -0.2) is 29.1 Å². The number of halogens is 7. The summed E-state index contributed by atoms with van der Waals surface area (Å²) >= 11 is 0. The molecule has 0 saturated heterocycles. The molecule has 0 aromatic rings. The predicted molar refractivity (Wildman–Crippen MR) is 23.6 cm³/mol. The van der Waals surface area contributed by atoms with Gasteiger partial charge in [0.2, 0.25) is 0 Å². The van der Waals surface area contributed by atoms with Crippen LogP contribution in [0.25, 0.3) is 0 Å². The molecule has 0 aromatic carbocycles. The van der Waals surface area contributed by atoms with Crippen molar-refractivity contribution in [2.24, 2.45) is 0 Å². The van der Waals surface area contributed by atoms with Crippen molar-refractivity contribution >= 4 is 5.97 Å². The summed E-state index contributed by atoms with van der Waals surface area (Å²) in [6.07, 6.45) is -6.60. The zero-order valence-corrected chi connectivity index (χ0v) is 6.74. The van der Waals surface area contributed by atoms with E-state index in [4.69, 9.17) is 5.11 Å². The summed E-state index contributed by atoms with van der Waals surface area (Å²) in [6.45, 7) is 0. The minimum atomic E-state index is -6.60. The van der Waals surface area contributed by atoms with Crippen LogP contribution in [0.4, 0.5) is 30.7 Å². The molecule has 89 valence electrons. The average Bonchev–Trinajstić information content (AvgIpc) is 1.84. The van der Waals surface area contributed by atoms with Gasteiger partial charge in [-0.1, -0.05) is 0 Å². The third-order valence-electron chi connectivity index (χ3n) is 1.02. The van der Waals surface area contributed by atoms with Gasteiger partial charge in [0.15, 0.2) is 0 Å². The Kier molecular flexibility index (Phi) is 4.48. The summed E-state index contributed by atoms with van der Waals surface area (Å²) in [5.74, 6) is -16.3. The maximum atomic E-state index is 11.8. The first-order valence-corrected chi connectivity index (χ1v) is 2.50. The van der Waals surface area contributed by atoms with Gasteiger partial charge < -0.3 is 5.11 Å². The van der Waals surface area contributed by atoms with E-state index < -0.39 is 24.0 Å². The molecule has 0 aromatic heterocycles. The van der Waals surface area contributed by atoms with Crippen molar-refractivity contribution in [1.82, 2.24) is 0 Å². The van der Waals surface area contributed by atoms with Gasteiger partial charge in [0.25, 0.3) is 0 Å². The molecule has 0 saturated carbocycles. The molecule has 14 heavy (non-hydrogen) atoms. The molecule has 0 heterocycles. The summed E-state index contributed by atoms with van der Waals surface area (Å²) in [6, 6.07) is 0. The smallest absolute Gasteiger partial charge is 0.460 e. The monoisotopic (exact) mass is 277 g/mol. The van der Waals surface area contributed by atoms with E-state index in [-0.39, 0.29) is 17.1 Å². The molecule has 0 rings (SSSR count). The van der Waals surface area contributed by atoms with Crippen molar-refractivity contribution in [1.29, 1.82) is 0 Å². The van der Waals surface area contributed by atoms with Crippen LogP contribution < -0.4 is 0 Å². The fourth-order valence-electron chi connectivity index (χ4n) is 0.312. The van der Waals surface area contributed by atoms with Gasteiger partial charge in [-0.25, -0.2) is 4.79 Å². The second kappa shape index (κ2) is 3.93. The first kappa shape index (κ1) is 15.9. The van der Waals surface area contributed by atoms with E-state index in [0.29, 0.717) is 0 Å². The number of carboxylic acids is 1. The molecule has 0 bridgehead atoms. The van der Waals surface area contributed by atoms with Gasteiger partial charge in [0.1, 0.15) is 0 Å². The Bertz CT molecular complexity index is 222. The quantitative estimate of drug-likeness (QED) is 0.618. The van der Waals surface area contributed by atoms with Gasteiger partial charge in [-0.15, -0.1) is 0 Å². The van der Waals surface area contributed by atoms with E-state index in [1.165, 1.54) is 0 Å². The second-order valence-corrected chi connectivity index (χ2v) is 1.95. The molecule has 10 heteroatoms.